The Kier molecular flexibility index (Phi) is 5.31. The van der Waals surface area contributed by atoms with Crippen molar-refractivity contribution in [2.75, 3.05) is 14.2 Å². The van der Waals surface area contributed by atoms with E-state index >= 15 is 0 Å². The Morgan fingerprint density at radius 2 is 1.11 bits per heavy atom. The zero-order valence-electron chi connectivity index (χ0n) is 16.3. The summed E-state index contributed by atoms with van der Waals surface area (Å²) in [4.78, 5) is 25.1. The fraction of sp³-hybridized carbons (Fsp3) is 0.364. The topological polar surface area (TPSA) is 93.1 Å². The second-order valence-electron chi connectivity index (χ2n) is 7.27. The molecule has 3 rings (SSSR count). The van der Waals surface area contributed by atoms with Crippen LogP contribution in [0.4, 0.5) is 0 Å². The minimum Gasteiger partial charge on any atom is -0.508 e. The maximum absolute atomic E-state index is 12.6. The van der Waals surface area contributed by atoms with Crippen molar-refractivity contribution >= 4 is 11.9 Å². The summed E-state index contributed by atoms with van der Waals surface area (Å²) in [6.45, 7) is 3.76. The number of methoxy groups -OCH3 is 2. The summed E-state index contributed by atoms with van der Waals surface area (Å²) < 4.78 is 9.90. The maximum atomic E-state index is 12.6. The molecule has 0 aliphatic heterocycles. The van der Waals surface area contributed by atoms with E-state index in [9.17, 15) is 19.8 Å². The van der Waals surface area contributed by atoms with Crippen molar-refractivity contribution < 1.29 is 29.3 Å². The minimum atomic E-state index is -0.824. The molecule has 0 unspecified atom stereocenters. The molecule has 0 radical (unpaired) electrons. The molecule has 2 N–H and O–H groups in total. The molecule has 0 saturated heterocycles. The molecule has 0 amide bonds. The number of carbonyl (C=O) groups excluding carboxylic acids is 2. The van der Waals surface area contributed by atoms with Gasteiger partial charge in [-0.3, -0.25) is 9.59 Å². The van der Waals surface area contributed by atoms with Crippen LogP contribution in [0.5, 0.6) is 11.5 Å². The first-order chi connectivity index (χ1) is 13.3. The molecule has 28 heavy (non-hydrogen) atoms. The molecule has 2 aromatic carbocycles. The first kappa shape index (κ1) is 19.7. The van der Waals surface area contributed by atoms with Gasteiger partial charge in [-0.15, -0.1) is 0 Å². The highest BCUT2D eigenvalue weighted by Crippen LogP contribution is 2.61. The van der Waals surface area contributed by atoms with Crippen LogP contribution in [0.25, 0.3) is 0 Å². The van der Waals surface area contributed by atoms with Gasteiger partial charge >= 0.3 is 11.9 Å². The molecule has 6 heteroatoms. The average molecular weight is 384 g/mol. The number of phenols is 2. The average Bonchev–Trinajstić information content (AvgIpc) is 2.66. The highest BCUT2D eigenvalue weighted by atomic mass is 16.5. The predicted molar refractivity (Wildman–Crippen MR) is 102 cm³/mol. The zero-order valence-corrected chi connectivity index (χ0v) is 16.3. The highest BCUT2D eigenvalue weighted by molar-refractivity contribution is 5.87. The Hall–Kier alpha value is -3.02. The van der Waals surface area contributed by atoms with Crippen LogP contribution in [0.1, 0.15) is 34.1 Å². The lowest BCUT2D eigenvalue weighted by Gasteiger charge is -2.49. The number of esters is 2. The zero-order chi connectivity index (χ0) is 20.6. The molecule has 1 saturated carbocycles. The van der Waals surface area contributed by atoms with E-state index in [1.807, 2.05) is 13.8 Å². The number of hydrogen-bond donors (Lipinski definition) is 2. The Labute approximate surface area is 163 Å². The van der Waals surface area contributed by atoms with E-state index in [1.54, 1.807) is 36.4 Å². The van der Waals surface area contributed by atoms with Crippen molar-refractivity contribution in [1.82, 2.24) is 0 Å². The van der Waals surface area contributed by atoms with Crippen molar-refractivity contribution in [3.8, 4) is 11.5 Å². The van der Waals surface area contributed by atoms with Crippen molar-refractivity contribution in [2.24, 2.45) is 11.8 Å². The van der Waals surface area contributed by atoms with Gasteiger partial charge in [0.2, 0.25) is 0 Å². The van der Waals surface area contributed by atoms with E-state index in [4.69, 9.17) is 9.47 Å². The SMILES string of the molecule is COC(=O)[C@@H]1[C@H](C(=O)OC)[C@H](c2cc(C)ccc2O)[C@@H]1c1cc(C)ccc1O. The van der Waals surface area contributed by atoms with Crippen LogP contribution in [0, 0.1) is 25.7 Å². The number of aromatic hydroxyl groups is 2. The largest absolute Gasteiger partial charge is 0.508 e. The van der Waals surface area contributed by atoms with E-state index in [-0.39, 0.29) is 11.5 Å². The molecule has 1 aliphatic rings. The number of benzene rings is 2. The molecule has 0 bridgehead atoms. The van der Waals surface area contributed by atoms with Gasteiger partial charge < -0.3 is 19.7 Å². The van der Waals surface area contributed by atoms with Gasteiger partial charge in [0.1, 0.15) is 11.5 Å². The summed E-state index contributed by atoms with van der Waals surface area (Å²) in [5, 5.41) is 21.0. The first-order valence-electron chi connectivity index (χ1n) is 9.04. The van der Waals surface area contributed by atoms with Crippen LogP contribution < -0.4 is 0 Å². The third-order valence-electron chi connectivity index (χ3n) is 5.58. The molecular formula is C22H24O6. The summed E-state index contributed by atoms with van der Waals surface area (Å²) in [6.07, 6.45) is 0. The van der Waals surface area contributed by atoms with E-state index in [2.05, 4.69) is 0 Å². The number of aryl methyl sites for hydroxylation is 2. The summed E-state index contributed by atoms with van der Waals surface area (Å²) >= 11 is 0. The monoisotopic (exact) mass is 384 g/mol. The number of phenolic OH excluding ortho intramolecular Hbond substituents is 2. The molecule has 1 aliphatic carbocycles. The van der Waals surface area contributed by atoms with Gasteiger partial charge in [-0.05, 0) is 37.1 Å². The van der Waals surface area contributed by atoms with Gasteiger partial charge in [0.25, 0.3) is 0 Å². The number of ether oxygens (including phenoxy) is 2. The lowest BCUT2D eigenvalue weighted by atomic mass is 9.52. The van der Waals surface area contributed by atoms with E-state index in [1.165, 1.54) is 14.2 Å². The van der Waals surface area contributed by atoms with Crippen molar-refractivity contribution in [3.63, 3.8) is 0 Å². The molecule has 6 nitrogen and oxygen atoms in total. The van der Waals surface area contributed by atoms with Crippen LogP contribution in [0.2, 0.25) is 0 Å². The Bertz CT molecular complexity index is 844. The van der Waals surface area contributed by atoms with Gasteiger partial charge in [-0.2, -0.15) is 0 Å². The van der Waals surface area contributed by atoms with Crippen LogP contribution >= 0.6 is 0 Å². The molecule has 0 spiro atoms. The van der Waals surface area contributed by atoms with Crippen LogP contribution in [0.3, 0.4) is 0 Å². The van der Waals surface area contributed by atoms with Gasteiger partial charge in [-0.1, -0.05) is 35.4 Å². The van der Waals surface area contributed by atoms with Crippen LogP contribution in [0.15, 0.2) is 36.4 Å². The first-order valence-corrected chi connectivity index (χ1v) is 9.04. The van der Waals surface area contributed by atoms with E-state index in [0.717, 1.165) is 11.1 Å². The standard InChI is InChI=1S/C22H24O6/c1-11-5-7-15(23)13(9-11)17-18(14-10-12(2)6-8-16(14)24)20(22(26)28-4)19(17)21(25)27-3/h5-10,17-20,23-24H,1-4H3/t17-,18+,19-,20+. The summed E-state index contributed by atoms with van der Waals surface area (Å²) in [6, 6.07) is 10.3. The van der Waals surface area contributed by atoms with Crippen molar-refractivity contribution in [1.29, 1.82) is 0 Å². The number of carbonyl (C=O) groups is 2. The Morgan fingerprint density at radius 3 is 1.43 bits per heavy atom. The van der Waals surface area contributed by atoms with Crippen molar-refractivity contribution in [2.45, 2.75) is 25.7 Å². The second kappa shape index (κ2) is 7.54. The lowest BCUT2D eigenvalue weighted by molar-refractivity contribution is -0.168. The molecule has 148 valence electrons. The third-order valence-corrected chi connectivity index (χ3v) is 5.58. The second-order valence-corrected chi connectivity index (χ2v) is 7.27. The Balaban J connectivity index is 2.21. The Morgan fingerprint density at radius 1 is 0.750 bits per heavy atom. The molecule has 4 atom stereocenters. The molecular weight excluding hydrogens is 360 g/mol. The predicted octanol–water partition coefficient (Wildman–Crippen LogP) is 3.17. The maximum Gasteiger partial charge on any atom is 0.310 e. The summed E-state index contributed by atoms with van der Waals surface area (Å²) in [5.41, 5.74) is 2.90. The normalized spacial score (nSPS) is 23.6. The molecule has 1 fully saturated rings. The van der Waals surface area contributed by atoms with Gasteiger partial charge in [0.15, 0.2) is 0 Å². The van der Waals surface area contributed by atoms with Gasteiger partial charge in [0, 0.05) is 11.8 Å². The smallest absolute Gasteiger partial charge is 0.310 e. The number of rotatable bonds is 4. The van der Waals surface area contributed by atoms with E-state index in [0.29, 0.717) is 11.1 Å². The summed E-state index contributed by atoms with van der Waals surface area (Å²) in [7, 11) is 2.53. The number of hydrogen-bond acceptors (Lipinski definition) is 6. The van der Waals surface area contributed by atoms with Gasteiger partial charge in [-0.25, -0.2) is 0 Å². The van der Waals surface area contributed by atoms with Crippen LogP contribution in [-0.4, -0.2) is 36.4 Å². The fourth-order valence-electron chi connectivity index (χ4n) is 4.26. The van der Waals surface area contributed by atoms with Gasteiger partial charge in [0.05, 0.1) is 26.1 Å². The molecule has 0 aromatic heterocycles. The highest BCUT2D eigenvalue weighted by Gasteiger charge is 2.60. The summed E-state index contributed by atoms with van der Waals surface area (Å²) in [5.74, 6) is -3.76. The molecule has 0 heterocycles. The van der Waals surface area contributed by atoms with E-state index < -0.39 is 35.6 Å². The minimum absolute atomic E-state index is 0.0324. The third kappa shape index (κ3) is 3.19. The van der Waals surface area contributed by atoms with Crippen LogP contribution in [-0.2, 0) is 19.1 Å². The lowest BCUT2D eigenvalue weighted by Crippen LogP contribution is -2.52. The fourth-order valence-corrected chi connectivity index (χ4v) is 4.26. The quantitative estimate of drug-likeness (QED) is 0.787. The van der Waals surface area contributed by atoms with Crippen molar-refractivity contribution in [3.05, 3.63) is 58.7 Å². The molecule has 2 aromatic rings.